The number of aromatic nitrogens is 1. The number of carbonyl (C=O) groups is 3. The van der Waals surface area contributed by atoms with Crippen LogP contribution in [0.2, 0.25) is 0 Å². The van der Waals surface area contributed by atoms with Crippen LogP contribution in [0, 0.1) is 0 Å². The van der Waals surface area contributed by atoms with Gasteiger partial charge in [-0.05, 0) is 24.3 Å². The molecule has 2 rings (SSSR count). The fourth-order valence-electron chi connectivity index (χ4n) is 1.89. The molecule has 25 heavy (non-hydrogen) atoms. The Bertz CT molecular complexity index is 787. The molecule has 8 heteroatoms. The standard InChI is InChI=1S/C17H19N3O5/c1-17(2,3)13-8-12(20-25-13)16(24)19-11-6-4-10(5-7-11)15(23)18-9-14(21)22/h4-8H,9H2,1-3H3,(H,18,23)(H,19,24)(H,21,22). The number of carboxylic acid groups (broad SMARTS) is 1. The molecule has 0 aliphatic rings. The number of nitrogens with zero attached hydrogens (tertiary/aromatic N) is 1. The molecule has 0 aliphatic heterocycles. The molecule has 0 unspecified atom stereocenters. The minimum absolute atomic E-state index is 0.160. The molecule has 8 nitrogen and oxygen atoms in total. The molecule has 3 N–H and O–H groups in total. The van der Waals surface area contributed by atoms with Gasteiger partial charge in [0.25, 0.3) is 11.8 Å². The molecule has 2 amide bonds. The summed E-state index contributed by atoms with van der Waals surface area (Å²) in [4.78, 5) is 34.3. The van der Waals surface area contributed by atoms with Crippen LogP contribution >= 0.6 is 0 Å². The lowest BCUT2D eigenvalue weighted by atomic mass is 9.93. The number of carboxylic acids is 1. The van der Waals surface area contributed by atoms with Crippen LogP contribution in [0.3, 0.4) is 0 Å². The van der Waals surface area contributed by atoms with E-state index in [2.05, 4.69) is 15.8 Å². The number of rotatable bonds is 5. The molecular weight excluding hydrogens is 326 g/mol. The highest BCUT2D eigenvalue weighted by Gasteiger charge is 2.22. The van der Waals surface area contributed by atoms with E-state index in [9.17, 15) is 14.4 Å². The maximum absolute atomic E-state index is 12.2. The van der Waals surface area contributed by atoms with E-state index in [1.165, 1.54) is 12.1 Å². The highest BCUT2D eigenvalue weighted by molar-refractivity contribution is 6.03. The maximum atomic E-state index is 12.2. The van der Waals surface area contributed by atoms with Gasteiger partial charge in [-0.1, -0.05) is 25.9 Å². The predicted molar refractivity (Wildman–Crippen MR) is 89.6 cm³/mol. The highest BCUT2D eigenvalue weighted by Crippen LogP contribution is 2.23. The minimum Gasteiger partial charge on any atom is -0.480 e. The summed E-state index contributed by atoms with van der Waals surface area (Å²) in [5.74, 6) is -1.46. The predicted octanol–water partition coefficient (Wildman–Crippen LogP) is 2.04. The number of aliphatic carboxylic acids is 1. The third-order valence-corrected chi connectivity index (χ3v) is 3.29. The summed E-state index contributed by atoms with van der Waals surface area (Å²) >= 11 is 0. The van der Waals surface area contributed by atoms with Crippen molar-refractivity contribution in [1.29, 1.82) is 0 Å². The molecule has 0 bridgehead atoms. The lowest BCUT2D eigenvalue weighted by Crippen LogP contribution is -2.29. The highest BCUT2D eigenvalue weighted by atomic mass is 16.5. The van der Waals surface area contributed by atoms with Crippen molar-refractivity contribution in [1.82, 2.24) is 10.5 Å². The average Bonchev–Trinajstić information content (AvgIpc) is 3.03. The molecule has 0 aliphatic carbocycles. The molecular formula is C17H19N3O5. The zero-order chi connectivity index (χ0) is 18.6. The topological polar surface area (TPSA) is 122 Å². The van der Waals surface area contributed by atoms with Crippen molar-refractivity contribution in [3.63, 3.8) is 0 Å². The van der Waals surface area contributed by atoms with Gasteiger partial charge in [0.1, 0.15) is 12.3 Å². The fourth-order valence-corrected chi connectivity index (χ4v) is 1.89. The summed E-state index contributed by atoms with van der Waals surface area (Å²) in [6, 6.07) is 7.63. The van der Waals surface area contributed by atoms with Gasteiger partial charge in [0.2, 0.25) is 0 Å². The fraction of sp³-hybridized carbons (Fsp3) is 0.294. The number of carbonyl (C=O) groups excluding carboxylic acids is 2. The third kappa shape index (κ3) is 4.90. The van der Waals surface area contributed by atoms with E-state index in [-0.39, 0.29) is 16.7 Å². The smallest absolute Gasteiger partial charge is 0.322 e. The maximum Gasteiger partial charge on any atom is 0.322 e. The first kappa shape index (κ1) is 18.2. The van der Waals surface area contributed by atoms with E-state index in [0.29, 0.717) is 11.4 Å². The van der Waals surface area contributed by atoms with Gasteiger partial charge < -0.3 is 20.3 Å². The first-order chi connectivity index (χ1) is 11.7. The van der Waals surface area contributed by atoms with Gasteiger partial charge in [0.15, 0.2) is 5.69 Å². The number of benzene rings is 1. The molecule has 0 saturated heterocycles. The number of nitrogens with one attached hydrogen (secondary N) is 2. The molecule has 0 atom stereocenters. The molecule has 0 fully saturated rings. The first-order valence-corrected chi connectivity index (χ1v) is 7.55. The van der Waals surface area contributed by atoms with Crippen molar-refractivity contribution in [2.45, 2.75) is 26.2 Å². The molecule has 2 aromatic rings. The van der Waals surface area contributed by atoms with Crippen LogP contribution < -0.4 is 10.6 Å². The Balaban J connectivity index is 2.01. The van der Waals surface area contributed by atoms with E-state index in [0.717, 1.165) is 0 Å². The van der Waals surface area contributed by atoms with E-state index >= 15 is 0 Å². The van der Waals surface area contributed by atoms with Gasteiger partial charge in [0.05, 0.1) is 0 Å². The second kappa shape index (κ2) is 7.16. The Labute approximate surface area is 144 Å². The van der Waals surface area contributed by atoms with Crippen LogP contribution in [0.1, 0.15) is 47.4 Å². The summed E-state index contributed by atoms with van der Waals surface area (Å²) in [5, 5.41) is 17.2. The van der Waals surface area contributed by atoms with Crippen LogP contribution in [-0.4, -0.2) is 34.6 Å². The largest absolute Gasteiger partial charge is 0.480 e. The lowest BCUT2D eigenvalue weighted by molar-refractivity contribution is -0.135. The van der Waals surface area contributed by atoms with Gasteiger partial charge in [-0.3, -0.25) is 14.4 Å². The first-order valence-electron chi connectivity index (χ1n) is 7.55. The Kier molecular flexibility index (Phi) is 5.21. The SMILES string of the molecule is CC(C)(C)c1cc(C(=O)Nc2ccc(C(=O)NCC(=O)O)cc2)no1. The Morgan fingerprint density at radius 2 is 1.76 bits per heavy atom. The molecule has 132 valence electrons. The zero-order valence-electron chi connectivity index (χ0n) is 14.1. The molecule has 0 radical (unpaired) electrons. The van der Waals surface area contributed by atoms with Gasteiger partial charge in [-0.15, -0.1) is 0 Å². The van der Waals surface area contributed by atoms with Crippen LogP contribution in [0.15, 0.2) is 34.9 Å². The Hall–Kier alpha value is -3.16. The monoisotopic (exact) mass is 345 g/mol. The van der Waals surface area contributed by atoms with Crippen LogP contribution in [0.25, 0.3) is 0 Å². The second-order valence-corrected chi connectivity index (χ2v) is 6.43. The number of anilines is 1. The molecule has 0 saturated carbocycles. The second-order valence-electron chi connectivity index (χ2n) is 6.43. The number of hydrogen-bond acceptors (Lipinski definition) is 5. The summed E-state index contributed by atoms with van der Waals surface area (Å²) in [6.45, 7) is 5.38. The van der Waals surface area contributed by atoms with Gasteiger partial charge in [0, 0.05) is 22.7 Å². The zero-order valence-corrected chi connectivity index (χ0v) is 14.1. The summed E-state index contributed by atoms with van der Waals surface area (Å²) in [5.41, 5.74) is 0.667. The van der Waals surface area contributed by atoms with E-state index in [1.807, 2.05) is 20.8 Å². The summed E-state index contributed by atoms with van der Waals surface area (Å²) in [7, 11) is 0. The summed E-state index contributed by atoms with van der Waals surface area (Å²) < 4.78 is 5.17. The van der Waals surface area contributed by atoms with Crippen LogP contribution in [-0.2, 0) is 10.2 Å². The van der Waals surface area contributed by atoms with Crippen molar-refractivity contribution in [2.24, 2.45) is 0 Å². The van der Waals surface area contributed by atoms with E-state index in [1.54, 1.807) is 18.2 Å². The molecule has 0 spiro atoms. The van der Waals surface area contributed by atoms with Gasteiger partial charge >= 0.3 is 5.97 Å². The normalized spacial score (nSPS) is 11.0. The summed E-state index contributed by atoms with van der Waals surface area (Å²) in [6.07, 6.45) is 0. The lowest BCUT2D eigenvalue weighted by Gasteiger charge is -2.12. The molecule has 1 aromatic carbocycles. The van der Waals surface area contributed by atoms with Gasteiger partial charge in [-0.2, -0.15) is 0 Å². The van der Waals surface area contributed by atoms with Crippen molar-refractivity contribution in [3.8, 4) is 0 Å². The van der Waals surface area contributed by atoms with Crippen LogP contribution in [0.4, 0.5) is 5.69 Å². The van der Waals surface area contributed by atoms with Gasteiger partial charge in [-0.25, -0.2) is 0 Å². The average molecular weight is 345 g/mol. The Morgan fingerprint density at radius 1 is 1.12 bits per heavy atom. The van der Waals surface area contributed by atoms with Crippen molar-refractivity contribution < 1.29 is 24.0 Å². The third-order valence-electron chi connectivity index (χ3n) is 3.29. The minimum atomic E-state index is -1.13. The quantitative estimate of drug-likeness (QED) is 0.762. The molecule has 1 aromatic heterocycles. The van der Waals surface area contributed by atoms with E-state index in [4.69, 9.17) is 9.63 Å². The molecule has 1 heterocycles. The Morgan fingerprint density at radius 3 is 2.28 bits per heavy atom. The van der Waals surface area contributed by atoms with Crippen LogP contribution in [0.5, 0.6) is 0 Å². The number of hydrogen-bond donors (Lipinski definition) is 3. The van der Waals surface area contributed by atoms with E-state index < -0.39 is 24.3 Å². The number of amides is 2. The van der Waals surface area contributed by atoms with Crippen molar-refractivity contribution >= 4 is 23.5 Å². The van der Waals surface area contributed by atoms with Crippen molar-refractivity contribution in [3.05, 3.63) is 47.3 Å². The van der Waals surface area contributed by atoms with Crippen molar-refractivity contribution in [2.75, 3.05) is 11.9 Å².